The molecule has 266 valence electrons. The van der Waals surface area contributed by atoms with Gasteiger partial charge < -0.3 is 13.7 Å². The Hall–Kier alpha value is -7.62. The Morgan fingerprint density at radius 3 is 1.26 bits per heavy atom. The molecule has 0 unspecified atom stereocenters. The first kappa shape index (κ1) is 31.7. The molecule has 0 amide bonds. The van der Waals surface area contributed by atoms with Gasteiger partial charge in [0.25, 0.3) is 0 Å². The summed E-state index contributed by atoms with van der Waals surface area (Å²) in [6.07, 6.45) is 0. The average molecular weight is 726 g/mol. The number of nitrogens with zero attached hydrogens (tertiary/aromatic N) is 3. The molecular formula is C54H35N3. The van der Waals surface area contributed by atoms with Gasteiger partial charge in [-0.25, -0.2) is 0 Å². The SMILES string of the molecule is c1ccc(-c2ccc(-n3c4ccccc4c4ccc5c6ccccc6n(-c6cccc(-c7ccc8c9ccccc9n(-c9ccccc9)c8c7)c6)c5c43)cc2)cc1. The number of para-hydroxylation sites is 4. The van der Waals surface area contributed by atoms with Gasteiger partial charge in [0.1, 0.15) is 0 Å². The summed E-state index contributed by atoms with van der Waals surface area (Å²) in [6, 6.07) is 77.4. The molecule has 0 saturated carbocycles. The van der Waals surface area contributed by atoms with E-state index < -0.39 is 0 Å². The summed E-state index contributed by atoms with van der Waals surface area (Å²) >= 11 is 0. The first-order valence-corrected chi connectivity index (χ1v) is 19.6. The fourth-order valence-corrected chi connectivity index (χ4v) is 9.30. The summed E-state index contributed by atoms with van der Waals surface area (Å²) in [5, 5.41) is 7.48. The van der Waals surface area contributed by atoms with Crippen LogP contribution in [0.2, 0.25) is 0 Å². The number of hydrogen-bond acceptors (Lipinski definition) is 0. The van der Waals surface area contributed by atoms with Crippen LogP contribution in [0.5, 0.6) is 0 Å². The summed E-state index contributed by atoms with van der Waals surface area (Å²) < 4.78 is 7.36. The molecule has 0 bridgehead atoms. The van der Waals surface area contributed by atoms with Crippen LogP contribution >= 0.6 is 0 Å². The molecule has 0 saturated heterocycles. The maximum Gasteiger partial charge on any atom is 0.0788 e. The summed E-state index contributed by atoms with van der Waals surface area (Å²) in [5.41, 5.74) is 15.4. The number of fused-ring (bicyclic) bond motifs is 10. The van der Waals surface area contributed by atoms with Crippen LogP contribution in [0.25, 0.3) is 105 Å². The van der Waals surface area contributed by atoms with E-state index in [0.29, 0.717) is 0 Å². The minimum absolute atomic E-state index is 1.13. The molecule has 0 N–H and O–H groups in total. The fourth-order valence-electron chi connectivity index (χ4n) is 9.30. The molecule has 12 aromatic rings. The molecule has 0 aliphatic carbocycles. The molecule has 3 aromatic heterocycles. The van der Waals surface area contributed by atoms with Crippen molar-refractivity contribution in [3.05, 3.63) is 212 Å². The minimum atomic E-state index is 1.13. The van der Waals surface area contributed by atoms with E-state index in [1.54, 1.807) is 0 Å². The van der Waals surface area contributed by atoms with Crippen molar-refractivity contribution in [1.82, 2.24) is 13.7 Å². The molecule has 0 atom stereocenters. The Morgan fingerprint density at radius 2 is 0.614 bits per heavy atom. The van der Waals surface area contributed by atoms with Gasteiger partial charge in [0, 0.05) is 49.4 Å². The van der Waals surface area contributed by atoms with Gasteiger partial charge in [-0.1, -0.05) is 152 Å². The molecule has 12 rings (SSSR count). The van der Waals surface area contributed by atoms with Gasteiger partial charge in [0.2, 0.25) is 0 Å². The zero-order valence-electron chi connectivity index (χ0n) is 31.0. The normalized spacial score (nSPS) is 11.9. The van der Waals surface area contributed by atoms with Gasteiger partial charge in [-0.05, 0) is 82.9 Å². The minimum Gasteiger partial charge on any atom is -0.309 e. The lowest BCUT2D eigenvalue weighted by atomic mass is 10.0. The molecule has 3 nitrogen and oxygen atoms in total. The highest BCUT2D eigenvalue weighted by Gasteiger charge is 2.22. The van der Waals surface area contributed by atoms with Crippen LogP contribution in [0.3, 0.4) is 0 Å². The predicted molar refractivity (Wildman–Crippen MR) is 240 cm³/mol. The summed E-state index contributed by atoms with van der Waals surface area (Å²) in [7, 11) is 0. The highest BCUT2D eigenvalue weighted by Crippen LogP contribution is 2.43. The van der Waals surface area contributed by atoms with Crippen molar-refractivity contribution < 1.29 is 0 Å². The smallest absolute Gasteiger partial charge is 0.0788 e. The van der Waals surface area contributed by atoms with Crippen LogP contribution < -0.4 is 0 Å². The van der Waals surface area contributed by atoms with Crippen molar-refractivity contribution in [1.29, 1.82) is 0 Å². The topological polar surface area (TPSA) is 14.8 Å². The molecule has 0 fully saturated rings. The molecular weight excluding hydrogens is 691 g/mol. The highest BCUT2D eigenvalue weighted by molar-refractivity contribution is 6.24. The number of hydrogen-bond donors (Lipinski definition) is 0. The third kappa shape index (κ3) is 4.79. The second kappa shape index (κ2) is 12.5. The van der Waals surface area contributed by atoms with Crippen LogP contribution in [0.15, 0.2) is 212 Å². The number of aromatic nitrogens is 3. The molecule has 0 aliphatic rings. The van der Waals surface area contributed by atoms with Gasteiger partial charge in [-0.15, -0.1) is 0 Å². The zero-order chi connectivity index (χ0) is 37.5. The number of rotatable bonds is 5. The summed E-state index contributed by atoms with van der Waals surface area (Å²) in [4.78, 5) is 0. The first-order valence-electron chi connectivity index (χ1n) is 19.6. The van der Waals surface area contributed by atoms with Crippen molar-refractivity contribution in [2.45, 2.75) is 0 Å². The molecule has 57 heavy (non-hydrogen) atoms. The van der Waals surface area contributed by atoms with E-state index >= 15 is 0 Å². The second-order valence-electron chi connectivity index (χ2n) is 14.9. The van der Waals surface area contributed by atoms with Crippen molar-refractivity contribution in [2.75, 3.05) is 0 Å². The maximum atomic E-state index is 2.49. The quantitative estimate of drug-likeness (QED) is 0.168. The largest absolute Gasteiger partial charge is 0.309 e. The van der Waals surface area contributed by atoms with Gasteiger partial charge >= 0.3 is 0 Å². The average Bonchev–Trinajstić information content (AvgIpc) is 3.93. The summed E-state index contributed by atoms with van der Waals surface area (Å²) in [6.45, 7) is 0. The number of benzene rings is 9. The molecule has 3 heteroatoms. The van der Waals surface area contributed by atoms with E-state index in [-0.39, 0.29) is 0 Å². The Bertz CT molecular complexity index is 3490. The summed E-state index contributed by atoms with van der Waals surface area (Å²) in [5.74, 6) is 0. The van der Waals surface area contributed by atoms with E-state index in [4.69, 9.17) is 0 Å². The molecule has 3 heterocycles. The Balaban J connectivity index is 1.11. The van der Waals surface area contributed by atoms with Crippen LogP contribution in [-0.4, -0.2) is 13.7 Å². The third-order valence-electron chi connectivity index (χ3n) is 11.8. The lowest BCUT2D eigenvalue weighted by Gasteiger charge is -2.14. The first-order chi connectivity index (χ1) is 28.3. The Labute approximate surface area is 329 Å². The second-order valence-corrected chi connectivity index (χ2v) is 14.9. The fraction of sp³-hybridized carbons (Fsp3) is 0. The van der Waals surface area contributed by atoms with Crippen LogP contribution in [0, 0.1) is 0 Å². The molecule has 0 radical (unpaired) electrons. The third-order valence-corrected chi connectivity index (χ3v) is 11.8. The van der Waals surface area contributed by atoms with E-state index in [1.165, 1.54) is 87.7 Å². The van der Waals surface area contributed by atoms with Gasteiger partial charge in [-0.3, -0.25) is 0 Å². The van der Waals surface area contributed by atoms with E-state index in [2.05, 4.69) is 226 Å². The predicted octanol–water partition coefficient (Wildman–Crippen LogP) is 14.3. The monoisotopic (exact) mass is 725 g/mol. The molecule has 0 spiro atoms. The van der Waals surface area contributed by atoms with Crippen molar-refractivity contribution >= 4 is 65.4 Å². The van der Waals surface area contributed by atoms with E-state index in [0.717, 1.165) is 17.1 Å². The van der Waals surface area contributed by atoms with Crippen LogP contribution in [0.1, 0.15) is 0 Å². The lowest BCUT2D eigenvalue weighted by molar-refractivity contribution is 1.15. The van der Waals surface area contributed by atoms with Crippen LogP contribution in [-0.2, 0) is 0 Å². The molecule has 0 aliphatic heterocycles. The van der Waals surface area contributed by atoms with Gasteiger partial charge in [0.05, 0.1) is 33.1 Å². The van der Waals surface area contributed by atoms with E-state index in [9.17, 15) is 0 Å². The molecule has 9 aromatic carbocycles. The van der Waals surface area contributed by atoms with Crippen molar-refractivity contribution in [3.63, 3.8) is 0 Å². The van der Waals surface area contributed by atoms with Crippen molar-refractivity contribution in [2.24, 2.45) is 0 Å². The van der Waals surface area contributed by atoms with Gasteiger partial charge in [0.15, 0.2) is 0 Å². The van der Waals surface area contributed by atoms with Crippen LogP contribution in [0.4, 0.5) is 0 Å². The lowest BCUT2D eigenvalue weighted by Crippen LogP contribution is -1.99. The van der Waals surface area contributed by atoms with Crippen molar-refractivity contribution in [3.8, 4) is 39.3 Å². The Kier molecular flexibility index (Phi) is 6.93. The maximum absolute atomic E-state index is 2.49. The van der Waals surface area contributed by atoms with Gasteiger partial charge in [-0.2, -0.15) is 0 Å². The standard InChI is InChI=1S/C54H35N3/c1-3-14-36(15-4-1)37-26-29-41(30-27-37)56-50-24-11-8-21-44(50)47-32-33-48-45-22-9-12-25-51(45)57(54(48)53(47)56)42-19-13-16-38(34-42)39-28-31-46-43-20-7-10-23-49(43)55(52(46)35-39)40-17-5-2-6-18-40/h1-35H. The zero-order valence-corrected chi connectivity index (χ0v) is 31.0. The van der Waals surface area contributed by atoms with E-state index in [1.807, 2.05) is 0 Å². The Morgan fingerprint density at radius 1 is 0.211 bits per heavy atom. The highest BCUT2D eigenvalue weighted by atomic mass is 15.0.